The van der Waals surface area contributed by atoms with E-state index in [1.165, 1.54) is 0 Å². The maximum Gasteiger partial charge on any atom is 0.519 e. The van der Waals surface area contributed by atoms with Crippen molar-refractivity contribution in [3.63, 3.8) is 0 Å². The number of hydrogen-bond donors (Lipinski definition) is 0. The van der Waals surface area contributed by atoms with Gasteiger partial charge in [-0.05, 0) is 36.6 Å². The molecule has 0 N–H and O–H groups in total. The average molecular weight is 497 g/mol. The molecule has 0 aliphatic carbocycles. The second-order valence-corrected chi connectivity index (χ2v) is 10.1. The highest BCUT2D eigenvalue weighted by molar-refractivity contribution is 8.15. The molecular formula is C27H28O7S. The third kappa shape index (κ3) is 6.52. The Labute approximate surface area is 207 Å². The molecule has 0 amide bonds. The van der Waals surface area contributed by atoms with Crippen molar-refractivity contribution in [1.29, 1.82) is 0 Å². The summed E-state index contributed by atoms with van der Waals surface area (Å²) >= 11 is 1.12. The molecule has 1 aliphatic rings. The zero-order valence-electron chi connectivity index (χ0n) is 19.9. The van der Waals surface area contributed by atoms with Crippen LogP contribution in [0.4, 0.5) is 0 Å². The summed E-state index contributed by atoms with van der Waals surface area (Å²) in [5.41, 5.74) is 3.04. The number of benzene rings is 2. The Kier molecular flexibility index (Phi) is 7.93. The molecule has 1 fully saturated rings. The van der Waals surface area contributed by atoms with Crippen molar-refractivity contribution in [3.05, 3.63) is 87.4 Å². The van der Waals surface area contributed by atoms with Crippen molar-refractivity contribution in [1.82, 2.24) is 0 Å². The molecular weight excluding hydrogens is 468 g/mol. The largest absolute Gasteiger partial charge is 0.519 e. The zero-order chi connectivity index (χ0) is 24.9. The van der Waals surface area contributed by atoms with Crippen LogP contribution in [0.25, 0.3) is 0 Å². The summed E-state index contributed by atoms with van der Waals surface area (Å²) in [5.74, 6) is 0.765. The van der Waals surface area contributed by atoms with E-state index in [9.17, 15) is 14.4 Å². The number of aryl methyl sites for hydroxylation is 1. The summed E-state index contributed by atoms with van der Waals surface area (Å²) in [5, 5.41) is -0.357. The van der Waals surface area contributed by atoms with Gasteiger partial charge in [0.15, 0.2) is 22.4 Å². The first-order valence-corrected chi connectivity index (χ1v) is 12.4. The minimum Gasteiger partial charge on any atom is -0.491 e. The predicted molar refractivity (Wildman–Crippen MR) is 132 cm³/mol. The first-order chi connectivity index (χ1) is 16.8. The number of ether oxygens (including phenoxy) is 2. The summed E-state index contributed by atoms with van der Waals surface area (Å²) in [7, 11) is 0. The van der Waals surface area contributed by atoms with E-state index in [-0.39, 0.29) is 41.7 Å². The van der Waals surface area contributed by atoms with E-state index in [1.54, 1.807) is 0 Å². The fourth-order valence-electron chi connectivity index (χ4n) is 3.84. The molecule has 184 valence electrons. The summed E-state index contributed by atoms with van der Waals surface area (Å²) in [4.78, 5) is 35.0. The molecule has 2 atom stereocenters. The van der Waals surface area contributed by atoms with E-state index < -0.39 is 11.9 Å². The molecule has 8 heteroatoms. The van der Waals surface area contributed by atoms with Gasteiger partial charge in [0.25, 0.3) is 0 Å². The van der Waals surface area contributed by atoms with Gasteiger partial charge < -0.3 is 18.3 Å². The van der Waals surface area contributed by atoms with Crippen molar-refractivity contribution < 1.29 is 27.9 Å². The zero-order valence-corrected chi connectivity index (χ0v) is 20.8. The van der Waals surface area contributed by atoms with Gasteiger partial charge in [-0.15, -0.1) is 0 Å². The Morgan fingerprint density at radius 3 is 2.34 bits per heavy atom. The molecule has 1 saturated heterocycles. The van der Waals surface area contributed by atoms with E-state index in [2.05, 4.69) is 0 Å². The second-order valence-electron chi connectivity index (χ2n) is 8.89. The van der Waals surface area contributed by atoms with Crippen LogP contribution in [0.3, 0.4) is 0 Å². The van der Waals surface area contributed by atoms with Gasteiger partial charge in [-0.2, -0.15) is 0 Å². The van der Waals surface area contributed by atoms with Crippen molar-refractivity contribution in [2.45, 2.75) is 57.5 Å². The Balaban J connectivity index is 1.42. The van der Waals surface area contributed by atoms with Gasteiger partial charge in [0.05, 0.1) is 11.7 Å². The lowest BCUT2D eigenvalue weighted by Crippen LogP contribution is -2.15. The molecule has 4 rings (SSSR count). The van der Waals surface area contributed by atoms with Gasteiger partial charge in [0, 0.05) is 5.92 Å². The maximum absolute atomic E-state index is 11.9. The number of thioether (sulfide) groups is 1. The molecule has 2 aromatic carbocycles. The van der Waals surface area contributed by atoms with Gasteiger partial charge in [-0.3, -0.25) is 9.59 Å². The van der Waals surface area contributed by atoms with Crippen LogP contribution >= 0.6 is 11.8 Å². The highest BCUT2D eigenvalue weighted by atomic mass is 32.2. The lowest BCUT2D eigenvalue weighted by Gasteiger charge is -2.19. The van der Waals surface area contributed by atoms with Gasteiger partial charge in [0.2, 0.25) is 0 Å². The van der Waals surface area contributed by atoms with Gasteiger partial charge >= 0.3 is 5.82 Å². The predicted octanol–water partition coefficient (Wildman–Crippen LogP) is 5.15. The van der Waals surface area contributed by atoms with Gasteiger partial charge in [-0.25, -0.2) is 4.79 Å². The van der Waals surface area contributed by atoms with Crippen LogP contribution in [0.15, 0.2) is 62.2 Å². The topological polar surface area (TPSA) is 96.0 Å². The molecule has 0 bridgehead atoms. The lowest BCUT2D eigenvalue weighted by atomic mass is 10.1. The van der Waals surface area contributed by atoms with Crippen LogP contribution in [0.1, 0.15) is 60.5 Å². The van der Waals surface area contributed by atoms with Crippen LogP contribution in [0.5, 0.6) is 5.75 Å². The Hall–Kier alpha value is -3.10. The average Bonchev–Trinajstić information content (AvgIpc) is 3.36. The molecule has 0 radical (unpaired) electrons. The maximum atomic E-state index is 11.9. The monoisotopic (exact) mass is 496 g/mol. The third-order valence-corrected chi connectivity index (χ3v) is 6.88. The van der Waals surface area contributed by atoms with Crippen molar-refractivity contribution in [2.75, 3.05) is 6.61 Å². The third-order valence-electron chi connectivity index (χ3n) is 5.76. The second kappa shape index (κ2) is 11.1. The molecule has 3 aromatic rings. The smallest absolute Gasteiger partial charge is 0.491 e. The van der Waals surface area contributed by atoms with Gasteiger partial charge in [0.1, 0.15) is 25.1 Å². The first kappa shape index (κ1) is 25.0. The van der Waals surface area contributed by atoms with Crippen LogP contribution in [0, 0.1) is 6.92 Å². The van der Waals surface area contributed by atoms with Crippen molar-refractivity contribution in [3.8, 4) is 5.75 Å². The molecule has 2 heterocycles. The Bertz CT molecular complexity index is 1220. The van der Waals surface area contributed by atoms with Crippen LogP contribution in [0.2, 0.25) is 0 Å². The SMILES string of the molecule is Cc1ccc(C(COc2ccc(CC3SC(=O)CC3=O)cc2)OCc2oc(=O)oc2C(C)C)cc1. The highest BCUT2D eigenvalue weighted by Crippen LogP contribution is 2.29. The van der Waals surface area contributed by atoms with E-state index in [0.717, 1.165) is 28.5 Å². The summed E-state index contributed by atoms with van der Waals surface area (Å²) in [6.07, 6.45) is 0.144. The number of Topliss-reactive ketones (excluding diaryl/α,β-unsaturated/α-hetero) is 1. The minimum atomic E-state index is -0.738. The number of hydrogen-bond acceptors (Lipinski definition) is 8. The van der Waals surface area contributed by atoms with E-state index >= 15 is 0 Å². The lowest BCUT2D eigenvalue weighted by molar-refractivity contribution is -0.121. The van der Waals surface area contributed by atoms with Gasteiger partial charge in [-0.1, -0.05) is 67.6 Å². The minimum absolute atomic E-state index is 0.00695. The summed E-state index contributed by atoms with van der Waals surface area (Å²) < 4.78 is 22.5. The number of ketones is 1. The van der Waals surface area contributed by atoms with E-state index in [4.69, 9.17) is 18.3 Å². The molecule has 2 unspecified atom stereocenters. The standard InChI is InChI=1S/C27H28O7S/c1-16(2)26-23(33-27(30)34-26)15-32-22(19-8-4-17(3)5-9-19)14-31-20-10-6-18(7-11-20)12-24-21(28)13-25(29)35-24/h4-11,16,22,24H,12-15H2,1-3H3. The Morgan fingerprint density at radius 2 is 1.71 bits per heavy atom. The molecule has 1 aliphatic heterocycles. The van der Waals surface area contributed by atoms with Crippen molar-refractivity contribution in [2.24, 2.45) is 0 Å². The molecule has 0 saturated carbocycles. The number of carbonyl (C=O) groups excluding carboxylic acids is 2. The van der Waals surface area contributed by atoms with Crippen LogP contribution in [-0.2, 0) is 27.4 Å². The fraction of sp³-hybridized carbons (Fsp3) is 0.370. The van der Waals surface area contributed by atoms with Crippen molar-refractivity contribution >= 4 is 22.7 Å². The quantitative estimate of drug-likeness (QED) is 0.356. The number of carbonyl (C=O) groups is 2. The fourth-order valence-corrected chi connectivity index (χ4v) is 4.88. The molecule has 35 heavy (non-hydrogen) atoms. The normalized spacial score (nSPS) is 16.7. The summed E-state index contributed by atoms with van der Waals surface area (Å²) in [6, 6.07) is 15.5. The van der Waals surface area contributed by atoms with E-state index in [1.807, 2.05) is 69.3 Å². The van der Waals surface area contributed by atoms with Crippen LogP contribution in [-0.4, -0.2) is 22.8 Å². The first-order valence-electron chi connectivity index (χ1n) is 11.5. The summed E-state index contributed by atoms with van der Waals surface area (Å²) in [6.45, 7) is 6.17. The molecule has 7 nitrogen and oxygen atoms in total. The molecule has 1 aromatic heterocycles. The van der Waals surface area contributed by atoms with E-state index in [0.29, 0.717) is 23.7 Å². The molecule has 0 spiro atoms. The van der Waals surface area contributed by atoms with Crippen LogP contribution < -0.4 is 10.6 Å². The number of rotatable bonds is 10. The Morgan fingerprint density at radius 1 is 1.00 bits per heavy atom. The highest BCUT2D eigenvalue weighted by Gasteiger charge is 2.31.